The van der Waals surface area contributed by atoms with Crippen LogP contribution in [0.25, 0.3) is 0 Å². The van der Waals surface area contributed by atoms with Gasteiger partial charge in [-0.05, 0) is 38.0 Å². The van der Waals surface area contributed by atoms with Crippen molar-refractivity contribution in [2.24, 2.45) is 0 Å². The molecular formula is C17H17ClN4O2S. The van der Waals surface area contributed by atoms with Crippen molar-refractivity contribution in [1.82, 2.24) is 9.97 Å². The minimum Gasteiger partial charge on any atom is -0.325 e. The lowest BCUT2D eigenvalue weighted by Gasteiger charge is -2.13. The number of hydrogen-bond donors (Lipinski definition) is 2. The number of nitrogens with zero attached hydrogens (tertiary/aromatic N) is 2. The Morgan fingerprint density at radius 3 is 2.88 bits per heavy atom. The first-order valence-electron chi connectivity index (χ1n) is 7.62. The summed E-state index contributed by atoms with van der Waals surface area (Å²) in [6.45, 7) is 5.40. The summed E-state index contributed by atoms with van der Waals surface area (Å²) in [5.74, 6) is -0.236. The highest BCUT2D eigenvalue weighted by Crippen LogP contribution is 2.24. The lowest BCUT2D eigenvalue weighted by Crippen LogP contribution is -2.24. The van der Waals surface area contributed by atoms with Crippen LogP contribution < -0.4 is 10.9 Å². The van der Waals surface area contributed by atoms with Crippen LogP contribution in [0.3, 0.4) is 0 Å². The zero-order chi connectivity index (χ0) is 18.6. The molecule has 0 saturated heterocycles. The number of rotatable bonds is 5. The van der Waals surface area contributed by atoms with Crippen molar-refractivity contribution in [1.29, 1.82) is 5.26 Å². The molecule has 0 radical (unpaired) electrons. The molecule has 0 aliphatic carbocycles. The number of H-pyrrole nitrogens is 1. The van der Waals surface area contributed by atoms with E-state index in [0.717, 1.165) is 17.3 Å². The number of nitrogens with one attached hydrogen (secondary N) is 2. The number of anilines is 1. The highest BCUT2D eigenvalue weighted by molar-refractivity contribution is 8.00. The van der Waals surface area contributed by atoms with Crippen molar-refractivity contribution < 1.29 is 4.79 Å². The molecule has 1 heterocycles. The Hall–Kier alpha value is -2.30. The third-order valence-corrected chi connectivity index (χ3v) is 4.75. The van der Waals surface area contributed by atoms with Gasteiger partial charge in [0.1, 0.15) is 11.6 Å². The van der Waals surface area contributed by atoms with Crippen LogP contribution in [0, 0.1) is 18.3 Å². The maximum Gasteiger partial charge on any atom is 0.269 e. The number of carbonyl (C=O) groups excluding carboxylic acids is 1. The topological polar surface area (TPSA) is 98.6 Å². The summed E-state index contributed by atoms with van der Waals surface area (Å²) in [6.07, 6.45) is 0.461. The normalized spacial score (nSPS) is 11.6. The average molecular weight is 377 g/mol. The first kappa shape index (κ1) is 19.0. The lowest BCUT2D eigenvalue weighted by molar-refractivity contribution is -0.115. The summed E-state index contributed by atoms with van der Waals surface area (Å²) in [6, 6.07) is 7.11. The van der Waals surface area contributed by atoms with Crippen LogP contribution in [0.1, 0.15) is 30.7 Å². The van der Waals surface area contributed by atoms with Crippen molar-refractivity contribution in [2.45, 2.75) is 37.6 Å². The van der Waals surface area contributed by atoms with E-state index in [1.165, 1.54) is 0 Å². The second kappa shape index (κ2) is 8.19. The molecule has 0 aliphatic heterocycles. The molecule has 0 aliphatic rings. The van der Waals surface area contributed by atoms with Crippen molar-refractivity contribution in [3.8, 4) is 6.07 Å². The summed E-state index contributed by atoms with van der Waals surface area (Å²) in [5, 5.41) is 12.2. The average Bonchev–Trinajstić information content (AvgIpc) is 2.57. The van der Waals surface area contributed by atoms with Crippen LogP contribution in [-0.4, -0.2) is 21.1 Å². The minimum atomic E-state index is -0.501. The Morgan fingerprint density at radius 2 is 2.24 bits per heavy atom. The lowest BCUT2D eigenvalue weighted by atomic mass is 10.2. The molecule has 0 bridgehead atoms. The van der Waals surface area contributed by atoms with E-state index < -0.39 is 10.8 Å². The van der Waals surface area contributed by atoms with Gasteiger partial charge in [-0.15, -0.1) is 0 Å². The maximum atomic E-state index is 12.4. The van der Waals surface area contributed by atoms with Crippen molar-refractivity contribution in [2.75, 3.05) is 5.32 Å². The van der Waals surface area contributed by atoms with E-state index >= 15 is 0 Å². The van der Waals surface area contributed by atoms with Crippen LogP contribution >= 0.6 is 23.4 Å². The molecule has 2 N–H and O–H groups in total. The summed E-state index contributed by atoms with van der Waals surface area (Å²) in [7, 11) is 0. The first-order chi connectivity index (χ1) is 11.8. The first-order valence-corrected chi connectivity index (χ1v) is 8.88. The summed E-state index contributed by atoms with van der Waals surface area (Å²) in [4.78, 5) is 31.1. The van der Waals surface area contributed by atoms with E-state index in [1.807, 2.05) is 26.0 Å². The van der Waals surface area contributed by atoms with E-state index in [9.17, 15) is 9.59 Å². The molecule has 0 fully saturated rings. The summed E-state index contributed by atoms with van der Waals surface area (Å²) in [5.41, 5.74) is 1.48. The van der Waals surface area contributed by atoms with E-state index in [2.05, 4.69) is 15.3 Å². The standard InChI is InChI=1S/C17H17ClN4O2S/c1-4-13-12(8-19)16(24)22-17(21-13)25-10(3)15(23)20-14-7-11(18)6-5-9(14)2/h5-7,10H,4H2,1-3H3,(H,20,23)(H,21,22,24). The number of carbonyl (C=O) groups is 1. The second-order valence-electron chi connectivity index (χ2n) is 5.37. The van der Waals surface area contributed by atoms with E-state index in [-0.39, 0.29) is 11.5 Å². The number of thioether (sulfide) groups is 1. The fourth-order valence-electron chi connectivity index (χ4n) is 2.11. The Morgan fingerprint density at radius 1 is 1.52 bits per heavy atom. The summed E-state index contributed by atoms with van der Waals surface area (Å²) >= 11 is 7.08. The SMILES string of the molecule is CCc1nc(SC(C)C(=O)Nc2cc(Cl)ccc2C)[nH]c(=O)c1C#N. The molecule has 0 spiro atoms. The van der Waals surface area contributed by atoms with Crippen molar-refractivity contribution in [3.05, 3.63) is 50.4 Å². The second-order valence-corrected chi connectivity index (χ2v) is 7.13. The molecule has 130 valence electrons. The smallest absolute Gasteiger partial charge is 0.269 e. The van der Waals surface area contributed by atoms with Crippen LogP contribution in [0.4, 0.5) is 5.69 Å². The highest BCUT2D eigenvalue weighted by atomic mass is 35.5. The van der Waals surface area contributed by atoms with Crippen LogP contribution in [0.15, 0.2) is 28.2 Å². The van der Waals surface area contributed by atoms with E-state index in [1.54, 1.807) is 19.1 Å². The van der Waals surface area contributed by atoms with Crippen LogP contribution in [0.5, 0.6) is 0 Å². The van der Waals surface area contributed by atoms with Gasteiger partial charge in [-0.1, -0.05) is 36.4 Å². The largest absolute Gasteiger partial charge is 0.325 e. The quantitative estimate of drug-likeness (QED) is 0.616. The predicted octanol–water partition coefficient (Wildman–Crippen LogP) is 3.29. The number of hydrogen-bond acceptors (Lipinski definition) is 5. The molecule has 1 amide bonds. The van der Waals surface area contributed by atoms with Gasteiger partial charge in [0.2, 0.25) is 5.91 Å². The Bertz CT molecular complexity index is 904. The number of benzene rings is 1. The van der Waals surface area contributed by atoms with Gasteiger partial charge >= 0.3 is 0 Å². The predicted molar refractivity (Wildman–Crippen MR) is 99.1 cm³/mol. The molecule has 2 aromatic rings. The molecule has 1 unspecified atom stereocenters. The number of aromatic nitrogens is 2. The number of aryl methyl sites for hydroxylation is 2. The molecule has 25 heavy (non-hydrogen) atoms. The zero-order valence-electron chi connectivity index (χ0n) is 14.0. The third kappa shape index (κ3) is 4.62. The van der Waals surface area contributed by atoms with Gasteiger partial charge in [-0.25, -0.2) is 4.98 Å². The van der Waals surface area contributed by atoms with E-state index in [4.69, 9.17) is 16.9 Å². The third-order valence-electron chi connectivity index (χ3n) is 3.53. The molecular weight excluding hydrogens is 360 g/mol. The molecule has 1 aromatic heterocycles. The van der Waals surface area contributed by atoms with Crippen LogP contribution in [0.2, 0.25) is 5.02 Å². The Balaban J connectivity index is 2.16. The van der Waals surface area contributed by atoms with Gasteiger partial charge in [-0.3, -0.25) is 9.59 Å². The van der Waals surface area contributed by atoms with Gasteiger partial charge in [0.05, 0.1) is 10.9 Å². The van der Waals surface area contributed by atoms with Gasteiger partial charge in [-0.2, -0.15) is 5.26 Å². The number of nitriles is 1. The molecule has 0 saturated carbocycles. The minimum absolute atomic E-state index is 0.0125. The van der Waals surface area contributed by atoms with Gasteiger partial charge in [0.15, 0.2) is 5.16 Å². The molecule has 1 atom stereocenters. The fraction of sp³-hybridized carbons (Fsp3) is 0.294. The van der Waals surface area contributed by atoms with Gasteiger partial charge in [0.25, 0.3) is 5.56 Å². The number of amides is 1. The number of aromatic amines is 1. The Kier molecular flexibility index (Phi) is 6.23. The molecule has 6 nitrogen and oxygen atoms in total. The summed E-state index contributed by atoms with van der Waals surface area (Å²) < 4.78 is 0. The molecule has 2 rings (SSSR count). The maximum absolute atomic E-state index is 12.4. The van der Waals surface area contributed by atoms with Gasteiger partial charge in [0, 0.05) is 10.7 Å². The van der Waals surface area contributed by atoms with Gasteiger partial charge < -0.3 is 10.3 Å². The number of halogens is 1. The van der Waals surface area contributed by atoms with Crippen molar-refractivity contribution >= 4 is 35.0 Å². The zero-order valence-corrected chi connectivity index (χ0v) is 15.6. The van der Waals surface area contributed by atoms with Crippen molar-refractivity contribution in [3.63, 3.8) is 0 Å². The molecule has 8 heteroatoms. The Labute approximate surface area is 154 Å². The highest BCUT2D eigenvalue weighted by Gasteiger charge is 2.18. The fourth-order valence-corrected chi connectivity index (χ4v) is 3.10. The monoisotopic (exact) mass is 376 g/mol. The van der Waals surface area contributed by atoms with Crippen LogP contribution in [-0.2, 0) is 11.2 Å². The van der Waals surface area contributed by atoms with E-state index in [0.29, 0.717) is 28.0 Å². The molecule has 1 aromatic carbocycles.